The zero-order valence-corrected chi connectivity index (χ0v) is 7.41. The Morgan fingerprint density at radius 1 is 1.23 bits per heavy atom. The van der Waals surface area contributed by atoms with E-state index in [-0.39, 0.29) is 11.7 Å². The van der Waals surface area contributed by atoms with Gasteiger partial charge in [-0.2, -0.15) is 0 Å². The molecule has 0 spiro atoms. The Kier molecular flexibility index (Phi) is 5.88. The summed E-state index contributed by atoms with van der Waals surface area (Å²) in [6.07, 6.45) is 6.51. The summed E-state index contributed by atoms with van der Waals surface area (Å²) in [6.45, 7) is 3.39. The van der Waals surface area contributed by atoms with E-state index >= 15 is 0 Å². The highest BCUT2D eigenvalue weighted by Crippen LogP contribution is 1.79. The fourth-order valence-corrected chi connectivity index (χ4v) is 0.495. The third-order valence-corrected chi connectivity index (χ3v) is 1.11. The second kappa shape index (κ2) is 6.84. The van der Waals surface area contributed by atoms with E-state index in [0.717, 1.165) is 0 Å². The van der Waals surface area contributed by atoms with Crippen LogP contribution in [0.3, 0.4) is 0 Å². The van der Waals surface area contributed by atoms with Gasteiger partial charge in [-0.05, 0) is 12.3 Å². The van der Waals surface area contributed by atoms with Crippen LogP contribution < -0.4 is 10.6 Å². The molecular weight excluding hydrogens is 168 g/mol. The van der Waals surface area contributed by atoms with Gasteiger partial charge in [0.1, 0.15) is 0 Å². The highest BCUT2D eigenvalue weighted by molar-refractivity contribution is 6.03. The second-order valence-corrected chi connectivity index (χ2v) is 2.05. The first kappa shape index (κ1) is 11.2. The van der Waals surface area contributed by atoms with E-state index in [1.807, 2.05) is 0 Å². The van der Waals surface area contributed by atoms with Gasteiger partial charge in [-0.15, -0.1) is 0 Å². The average Bonchev–Trinajstić information content (AvgIpc) is 2.14. The van der Waals surface area contributed by atoms with Crippen LogP contribution in [0.1, 0.15) is 0 Å². The monoisotopic (exact) mass is 180 g/mol. The zero-order valence-electron chi connectivity index (χ0n) is 7.41. The average molecular weight is 180 g/mol. The molecule has 0 radical (unpaired) electrons. The van der Waals surface area contributed by atoms with Crippen molar-refractivity contribution < 1.29 is 9.59 Å². The van der Waals surface area contributed by atoms with Crippen LogP contribution in [0.5, 0.6) is 0 Å². The Balaban J connectivity index is 3.93. The predicted octanol–water partition coefficient (Wildman–Crippen LogP) is 0.104. The van der Waals surface area contributed by atoms with Crippen LogP contribution >= 0.6 is 0 Å². The number of ketones is 1. The minimum atomic E-state index is -0.307. The lowest BCUT2D eigenvalue weighted by molar-refractivity contribution is -0.116. The number of hydrogen-bond acceptors (Lipinski definition) is 3. The molecular formula is C9H12N2O2. The van der Waals surface area contributed by atoms with Crippen molar-refractivity contribution in [2.45, 2.75) is 0 Å². The Morgan fingerprint density at radius 2 is 1.92 bits per heavy atom. The molecule has 0 bridgehead atoms. The first-order valence-corrected chi connectivity index (χ1v) is 3.68. The fourth-order valence-electron chi connectivity index (χ4n) is 0.495. The molecule has 70 valence electrons. The van der Waals surface area contributed by atoms with E-state index in [0.29, 0.717) is 0 Å². The molecule has 13 heavy (non-hydrogen) atoms. The van der Waals surface area contributed by atoms with Crippen LogP contribution in [0, 0.1) is 0 Å². The Labute approximate surface area is 77.0 Å². The van der Waals surface area contributed by atoms with Gasteiger partial charge >= 0.3 is 0 Å². The van der Waals surface area contributed by atoms with Crippen molar-refractivity contribution in [2.24, 2.45) is 0 Å². The number of rotatable bonds is 5. The van der Waals surface area contributed by atoms with E-state index in [1.165, 1.54) is 37.7 Å². The van der Waals surface area contributed by atoms with Gasteiger partial charge in [0.2, 0.25) is 5.91 Å². The second-order valence-electron chi connectivity index (χ2n) is 2.05. The van der Waals surface area contributed by atoms with Gasteiger partial charge in [0, 0.05) is 25.4 Å². The van der Waals surface area contributed by atoms with Gasteiger partial charge in [0.15, 0.2) is 5.78 Å². The lowest BCUT2D eigenvalue weighted by atomic mass is 10.3. The Hall–Kier alpha value is -1.84. The third kappa shape index (κ3) is 6.55. The van der Waals surface area contributed by atoms with Gasteiger partial charge < -0.3 is 10.6 Å². The van der Waals surface area contributed by atoms with Crippen LogP contribution in [0.4, 0.5) is 0 Å². The number of allylic oxidation sites excluding steroid dienone is 2. The van der Waals surface area contributed by atoms with E-state index < -0.39 is 0 Å². The maximum Gasteiger partial charge on any atom is 0.243 e. The van der Waals surface area contributed by atoms with Crippen molar-refractivity contribution in [3.05, 3.63) is 37.2 Å². The fraction of sp³-hybridized carbons (Fsp3) is 0.111. The van der Waals surface area contributed by atoms with E-state index in [4.69, 9.17) is 0 Å². The summed E-state index contributed by atoms with van der Waals surface area (Å²) in [5.74, 6) is -0.573. The molecule has 0 fully saturated rings. The summed E-state index contributed by atoms with van der Waals surface area (Å²) in [5, 5.41) is 4.96. The number of carbonyl (C=O) groups excluding carboxylic acids is 2. The molecule has 0 aromatic carbocycles. The predicted molar refractivity (Wildman–Crippen MR) is 50.7 cm³/mol. The highest BCUT2D eigenvalue weighted by Gasteiger charge is 1.91. The first-order valence-electron chi connectivity index (χ1n) is 3.68. The van der Waals surface area contributed by atoms with Gasteiger partial charge in [-0.25, -0.2) is 0 Å². The van der Waals surface area contributed by atoms with Crippen LogP contribution in [0.15, 0.2) is 37.2 Å². The lowest BCUT2D eigenvalue weighted by Crippen LogP contribution is -2.14. The summed E-state index contributed by atoms with van der Waals surface area (Å²) in [6, 6.07) is 0. The number of hydrogen-bond donors (Lipinski definition) is 2. The van der Waals surface area contributed by atoms with Crippen molar-refractivity contribution in [3.8, 4) is 0 Å². The lowest BCUT2D eigenvalue weighted by Gasteiger charge is -1.88. The standard InChI is InChI=1S/C9H12N2O2/c1-3-11-7-6-8(12)4-5-9(13)10-2/h3-7,11H,1H2,2H3,(H,10,13)/b5-4+,7-6?. The van der Waals surface area contributed by atoms with Gasteiger partial charge in [0.25, 0.3) is 0 Å². The van der Waals surface area contributed by atoms with Crippen LogP contribution in [0.25, 0.3) is 0 Å². The third-order valence-electron chi connectivity index (χ3n) is 1.11. The quantitative estimate of drug-likeness (QED) is 0.590. The van der Waals surface area contributed by atoms with Crippen LogP contribution in [0.2, 0.25) is 0 Å². The molecule has 1 amide bonds. The minimum Gasteiger partial charge on any atom is -0.368 e. The molecule has 0 saturated carbocycles. The summed E-state index contributed by atoms with van der Waals surface area (Å²) in [5.41, 5.74) is 0. The molecule has 4 nitrogen and oxygen atoms in total. The molecule has 0 saturated heterocycles. The molecule has 0 aliphatic carbocycles. The molecule has 0 aromatic heterocycles. The summed E-state index contributed by atoms with van der Waals surface area (Å²) < 4.78 is 0. The van der Waals surface area contributed by atoms with E-state index in [1.54, 1.807) is 0 Å². The molecule has 0 aromatic rings. The van der Waals surface area contributed by atoms with Crippen molar-refractivity contribution in [2.75, 3.05) is 7.05 Å². The highest BCUT2D eigenvalue weighted by atomic mass is 16.1. The van der Waals surface area contributed by atoms with Crippen molar-refractivity contribution in [3.63, 3.8) is 0 Å². The maximum atomic E-state index is 10.9. The summed E-state index contributed by atoms with van der Waals surface area (Å²) in [7, 11) is 1.49. The minimum absolute atomic E-state index is 0.266. The molecule has 2 N–H and O–H groups in total. The zero-order chi connectivity index (χ0) is 10.1. The van der Waals surface area contributed by atoms with Gasteiger partial charge in [-0.3, -0.25) is 9.59 Å². The smallest absolute Gasteiger partial charge is 0.243 e. The van der Waals surface area contributed by atoms with Crippen molar-refractivity contribution >= 4 is 11.7 Å². The van der Waals surface area contributed by atoms with Crippen molar-refractivity contribution in [1.29, 1.82) is 0 Å². The van der Waals surface area contributed by atoms with Gasteiger partial charge in [-0.1, -0.05) is 6.58 Å². The Morgan fingerprint density at radius 3 is 2.46 bits per heavy atom. The van der Waals surface area contributed by atoms with E-state index in [2.05, 4.69) is 17.2 Å². The Bertz CT molecular complexity index is 254. The largest absolute Gasteiger partial charge is 0.368 e. The molecule has 0 unspecified atom stereocenters. The molecule has 0 heterocycles. The topological polar surface area (TPSA) is 58.2 Å². The van der Waals surface area contributed by atoms with Crippen molar-refractivity contribution in [1.82, 2.24) is 10.6 Å². The number of amides is 1. The SMILES string of the molecule is C=CNC=CC(=O)/C=C/C(=O)NC. The molecule has 4 heteroatoms. The van der Waals surface area contributed by atoms with E-state index in [9.17, 15) is 9.59 Å². The van der Waals surface area contributed by atoms with Crippen LogP contribution in [-0.4, -0.2) is 18.7 Å². The first-order chi connectivity index (χ1) is 6.20. The molecule has 0 aliphatic rings. The van der Waals surface area contributed by atoms with Gasteiger partial charge in [0.05, 0.1) is 0 Å². The number of carbonyl (C=O) groups is 2. The van der Waals surface area contributed by atoms with Crippen LogP contribution in [-0.2, 0) is 9.59 Å². The summed E-state index contributed by atoms with van der Waals surface area (Å²) >= 11 is 0. The molecule has 0 aliphatic heterocycles. The molecule has 0 atom stereocenters. The summed E-state index contributed by atoms with van der Waals surface area (Å²) in [4.78, 5) is 21.6. The number of likely N-dealkylation sites (N-methyl/N-ethyl adjacent to an activating group) is 1. The molecule has 0 rings (SSSR count). The maximum absolute atomic E-state index is 10.9. The number of nitrogens with one attached hydrogen (secondary N) is 2. The normalized spacial score (nSPS) is 10.2.